The minimum Gasteiger partial charge on any atom is -0.478 e. The van der Waals surface area contributed by atoms with E-state index in [9.17, 15) is 14.4 Å². The molecule has 1 heterocycles. The van der Waals surface area contributed by atoms with Gasteiger partial charge in [0.15, 0.2) is 0 Å². The van der Waals surface area contributed by atoms with Crippen LogP contribution in [0, 0.1) is 5.92 Å². The average Bonchev–Trinajstić information content (AvgIpc) is 2.46. The fourth-order valence-electron chi connectivity index (χ4n) is 2.06. The SMILES string of the molecule is O=C1CC[C@H](C(=O)NCc2ccc(C(=O)O)cc2)CN1. The van der Waals surface area contributed by atoms with Gasteiger partial charge in [-0.1, -0.05) is 12.1 Å². The van der Waals surface area contributed by atoms with Gasteiger partial charge in [0.25, 0.3) is 0 Å². The van der Waals surface area contributed by atoms with Gasteiger partial charge in [-0.05, 0) is 24.1 Å². The van der Waals surface area contributed by atoms with Gasteiger partial charge in [-0.3, -0.25) is 9.59 Å². The van der Waals surface area contributed by atoms with Crippen molar-refractivity contribution in [1.82, 2.24) is 10.6 Å². The summed E-state index contributed by atoms with van der Waals surface area (Å²) < 4.78 is 0. The van der Waals surface area contributed by atoms with E-state index >= 15 is 0 Å². The van der Waals surface area contributed by atoms with Crippen molar-refractivity contribution >= 4 is 17.8 Å². The van der Waals surface area contributed by atoms with Crippen LogP contribution in [0.1, 0.15) is 28.8 Å². The number of benzene rings is 1. The van der Waals surface area contributed by atoms with Crippen molar-refractivity contribution in [3.05, 3.63) is 35.4 Å². The number of hydrogen-bond donors (Lipinski definition) is 3. The lowest BCUT2D eigenvalue weighted by atomic mass is 9.98. The molecule has 106 valence electrons. The molecule has 1 fully saturated rings. The monoisotopic (exact) mass is 276 g/mol. The minimum absolute atomic E-state index is 0.0155. The van der Waals surface area contributed by atoms with Crippen LogP contribution in [0.3, 0.4) is 0 Å². The summed E-state index contributed by atoms with van der Waals surface area (Å²) in [7, 11) is 0. The third-order valence-electron chi connectivity index (χ3n) is 3.30. The first-order valence-electron chi connectivity index (χ1n) is 6.43. The van der Waals surface area contributed by atoms with Gasteiger partial charge < -0.3 is 15.7 Å². The Kier molecular flexibility index (Phi) is 4.34. The first kappa shape index (κ1) is 14.0. The molecule has 0 unspecified atom stereocenters. The van der Waals surface area contributed by atoms with Gasteiger partial charge in [0.2, 0.25) is 11.8 Å². The summed E-state index contributed by atoms with van der Waals surface area (Å²) in [5, 5.41) is 14.2. The van der Waals surface area contributed by atoms with E-state index in [4.69, 9.17) is 5.11 Å². The van der Waals surface area contributed by atoms with Crippen molar-refractivity contribution in [2.75, 3.05) is 6.54 Å². The smallest absolute Gasteiger partial charge is 0.335 e. The van der Waals surface area contributed by atoms with Crippen LogP contribution in [-0.4, -0.2) is 29.4 Å². The molecule has 1 saturated heterocycles. The molecule has 1 aliphatic rings. The summed E-state index contributed by atoms with van der Waals surface area (Å²) >= 11 is 0. The first-order chi connectivity index (χ1) is 9.56. The quantitative estimate of drug-likeness (QED) is 0.747. The van der Waals surface area contributed by atoms with Gasteiger partial charge >= 0.3 is 5.97 Å². The average molecular weight is 276 g/mol. The summed E-state index contributed by atoms with van der Waals surface area (Å²) in [5.41, 5.74) is 1.05. The van der Waals surface area contributed by atoms with Crippen molar-refractivity contribution in [2.24, 2.45) is 5.92 Å². The highest BCUT2D eigenvalue weighted by atomic mass is 16.4. The van der Waals surface area contributed by atoms with Gasteiger partial charge in [0, 0.05) is 19.5 Å². The van der Waals surface area contributed by atoms with Crippen LogP contribution in [0.25, 0.3) is 0 Å². The fourth-order valence-corrected chi connectivity index (χ4v) is 2.06. The van der Waals surface area contributed by atoms with Crippen molar-refractivity contribution in [1.29, 1.82) is 0 Å². The number of carbonyl (C=O) groups excluding carboxylic acids is 2. The molecule has 0 bridgehead atoms. The predicted molar refractivity (Wildman–Crippen MR) is 71.0 cm³/mol. The van der Waals surface area contributed by atoms with Crippen molar-refractivity contribution in [2.45, 2.75) is 19.4 Å². The van der Waals surface area contributed by atoms with Crippen LogP contribution in [0.5, 0.6) is 0 Å². The Morgan fingerprint density at radius 2 is 2.00 bits per heavy atom. The maximum absolute atomic E-state index is 11.9. The topological polar surface area (TPSA) is 95.5 Å². The Morgan fingerprint density at radius 3 is 2.55 bits per heavy atom. The van der Waals surface area contributed by atoms with Crippen LogP contribution < -0.4 is 10.6 Å². The Hall–Kier alpha value is -2.37. The Morgan fingerprint density at radius 1 is 1.30 bits per heavy atom. The molecule has 2 amide bonds. The zero-order chi connectivity index (χ0) is 14.5. The number of aromatic carboxylic acids is 1. The van der Waals surface area contributed by atoms with Gasteiger partial charge in [-0.15, -0.1) is 0 Å². The molecule has 1 atom stereocenters. The third kappa shape index (κ3) is 3.57. The number of rotatable bonds is 4. The summed E-state index contributed by atoms with van der Waals surface area (Å²) in [6.07, 6.45) is 0.945. The molecular weight excluding hydrogens is 260 g/mol. The normalized spacial score (nSPS) is 18.2. The molecule has 1 aromatic rings. The molecule has 0 spiro atoms. The highest BCUT2D eigenvalue weighted by Crippen LogP contribution is 2.11. The maximum atomic E-state index is 11.9. The van der Waals surface area contributed by atoms with Gasteiger partial charge in [-0.25, -0.2) is 4.79 Å². The predicted octanol–water partition coefficient (Wildman–Crippen LogP) is 0.527. The fraction of sp³-hybridized carbons (Fsp3) is 0.357. The Balaban J connectivity index is 1.84. The molecule has 2 rings (SSSR count). The molecule has 6 heteroatoms. The number of piperidine rings is 1. The highest BCUT2D eigenvalue weighted by Gasteiger charge is 2.23. The second kappa shape index (κ2) is 6.18. The van der Waals surface area contributed by atoms with E-state index < -0.39 is 5.97 Å². The van der Waals surface area contributed by atoms with Gasteiger partial charge in [0.1, 0.15) is 0 Å². The minimum atomic E-state index is -0.974. The molecule has 0 aliphatic carbocycles. The standard InChI is InChI=1S/C14H16N2O4/c17-12-6-5-11(8-15-12)13(18)16-7-9-1-3-10(4-2-9)14(19)20/h1-4,11H,5-8H2,(H,15,17)(H,16,18)(H,19,20)/t11-/m0/s1. The molecule has 3 N–H and O–H groups in total. The van der Waals surface area contributed by atoms with E-state index in [1.54, 1.807) is 12.1 Å². The van der Waals surface area contributed by atoms with E-state index in [1.807, 2.05) is 0 Å². The number of carboxylic acid groups (broad SMARTS) is 1. The molecule has 1 aliphatic heterocycles. The zero-order valence-electron chi connectivity index (χ0n) is 10.9. The lowest BCUT2D eigenvalue weighted by Crippen LogP contribution is -2.42. The lowest BCUT2D eigenvalue weighted by Gasteiger charge is -2.21. The molecule has 20 heavy (non-hydrogen) atoms. The van der Waals surface area contributed by atoms with Crippen LogP contribution in [0.4, 0.5) is 0 Å². The first-order valence-corrected chi connectivity index (χ1v) is 6.43. The van der Waals surface area contributed by atoms with Crippen LogP contribution >= 0.6 is 0 Å². The number of hydrogen-bond acceptors (Lipinski definition) is 3. The van der Waals surface area contributed by atoms with Crippen LogP contribution in [0.15, 0.2) is 24.3 Å². The summed E-state index contributed by atoms with van der Waals surface area (Å²) in [6, 6.07) is 6.36. The third-order valence-corrected chi connectivity index (χ3v) is 3.30. The summed E-state index contributed by atoms with van der Waals surface area (Å²) in [6.45, 7) is 0.728. The van der Waals surface area contributed by atoms with Crippen LogP contribution in [-0.2, 0) is 16.1 Å². The molecular formula is C14H16N2O4. The molecule has 6 nitrogen and oxygen atoms in total. The van der Waals surface area contributed by atoms with Gasteiger partial charge in [-0.2, -0.15) is 0 Å². The van der Waals surface area contributed by atoms with Crippen LogP contribution in [0.2, 0.25) is 0 Å². The Bertz CT molecular complexity index is 514. The maximum Gasteiger partial charge on any atom is 0.335 e. The van der Waals surface area contributed by atoms with E-state index in [1.165, 1.54) is 12.1 Å². The number of carbonyl (C=O) groups is 3. The van der Waals surface area contributed by atoms with Gasteiger partial charge in [0.05, 0.1) is 11.5 Å². The lowest BCUT2D eigenvalue weighted by molar-refractivity contribution is -0.129. The number of amides is 2. The van der Waals surface area contributed by atoms with E-state index in [2.05, 4.69) is 10.6 Å². The van der Waals surface area contributed by atoms with Crippen molar-refractivity contribution in [3.63, 3.8) is 0 Å². The second-order valence-corrected chi connectivity index (χ2v) is 4.76. The van der Waals surface area contributed by atoms with Crippen molar-refractivity contribution in [3.8, 4) is 0 Å². The van der Waals surface area contributed by atoms with E-state index in [0.29, 0.717) is 25.9 Å². The van der Waals surface area contributed by atoms with E-state index in [0.717, 1.165) is 5.56 Å². The Labute approximate surface area is 116 Å². The molecule has 0 radical (unpaired) electrons. The second-order valence-electron chi connectivity index (χ2n) is 4.76. The largest absolute Gasteiger partial charge is 0.478 e. The molecule has 1 aromatic carbocycles. The molecule has 0 aromatic heterocycles. The summed E-state index contributed by atoms with van der Waals surface area (Å²) in [5.74, 6) is -1.27. The van der Waals surface area contributed by atoms with Crippen molar-refractivity contribution < 1.29 is 19.5 Å². The number of nitrogens with one attached hydrogen (secondary N) is 2. The zero-order valence-corrected chi connectivity index (χ0v) is 10.9. The highest BCUT2D eigenvalue weighted by molar-refractivity contribution is 5.87. The molecule has 0 saturated carbocycles. The summed E-state index contributed by atoms with van der Waals surface area (Å²) in [4.78, 5) is 33.6. The van der Waals surface area contributed by atoms with E-state index in [-0.39, 0.29) is 23.3 Å². The number of carboxylic acids is 1.